The number of nitrogens with one attached hydrogen (secondary N) is 1. The van der Waals surface area contributed by atoms with Gasteiger partial charge in [-0.25, -0.2) is 0 Å². The van der Waals surface area contributed by atoms with Gasteiger partial charge >= 0.3 is 0 Å². The molecule has 1 aromatic carbocycles. The average molecular weight is 290 g/mol. The Labute approximate surface area is 127 Å². The molecular weight excluding hydrogens is 264 g/mol. The summed E-state index contributed by atoms with van der Waals surface area (Å²) in [6, 6.07) is 7.71. The highest BCUT2D eigenvalue weighted by Crippen LogP contribution is 2.19. The number of rotatable bonds is 4. The number of carbonyl (C=O) groups excluding carboxylic acids is 1. The minimum atomic E-state index is 0.114. The van der Waals surface area contributed by atoms with Crippen LogP contribution in [0.4, 0.5) is 0 Å². The summed E-state index contributed by atoms with van der Waals surface area (Å²) in [5.41, 5.74) is 0.713. The molecule has 1 saturated heterocycles. The van der Waals surface area contributed by atoms with E-state index in [-0.39, 0.29) is 11.9 Å². The molecule has 116 valence electrons. The number of benzene rings is 1. The molecular formula is C17H26N2O2. The second-order valence-electron chi connectivity index (χ2n) is 6.07. The number of ether oxygens (including phenoxy) is 1. The third kappa shape index (κ3) is 4.21. The van der Waals surface area contributed by atoms with E-state index in [2.05, 4.69) is 19.2 Å². The topological polar surface area (TPSA) is 41.6 Å². The first-order valence-electron chi connectivity index (χ1n) is 7.77. The first-order chi connectivity index (χ1) is 10.1. The molecule has 4 nitrogen and oxygen atoms in total. The lowest BCUT2D eigenvalue weighted by atomic mass is 10.0. The van der Waals surface area contributed by atoms with E-state index < -0.39 is 0 Å². The molecule has 21 heavy (non-hydrogen) atoms. The van der Waals surface area contributed by atoms with Crippen molar-refractivity contribution in [2.45, 2.75) is 32.7 Å². The van der Waals surface area contributed by atoms with Crippen LogP contribution in [0.5, 0.6) is 5.75 Å². The summed E-state index contributed by atoms with van der Waals surface area (Å²) in [5, 5.41) is 3.44. The standard InChI is InChI=1S/C17H26N2O2/c1-13(2)10-15-12-18-8-5-9-19(15)17(20)14-6-4-7-16(11-14)21-3/h4,6-7,11,13,15,18H,5,8-10,12H2,1-3H3. The molecule has 1 aliphatic heterocycles. The van der Waals surface area contributed by atoms with E-state index >= 15 is 0 Å². The fraction of sp³-hybridized carbons (Fsp3) is 0.588. The SMILES string of the molecule is COc1cccc(C(=O)N2CCCNCC2CC(C)C)c1. The van der Waals surface area contributed by atoms with Crippen molar-refractivity contribution < 1.29 is 9.53 Å². The Bertz CT molecular complexity index is 474. The maximum absolute atomic E-state index is 12.9. The molecule has 1 aliphatic rings. The smallest absolute Gasteiger partial charge is 0.254 e. The van der Waals surface area contributed by atoms with Crippen LogP contribution >= 0.6 is 0 Å². The Morgan fingerprint density at radius 2 is 2.29 bits per heavy atom. The van der Waals surface area contributed by atoms with Crippen molar-refractivity contribution in [2.75, 3.05) is 26.7 Å². The molecule has 0 bridgehead atoms. The summed E-state index contributed by atoms with van der Waals surface area (Å²) < 4.78 is 5.23. The number of nitrogens with zero attached hydrogens (tertiary/aromatic N) is 1. The molecule has 0 spiro atoms. The Kier molecular flexibility index (Phi) is 5.62. The molecule has 1 amide bonds. The predicted octanol–water partition coefficient (Wildman–Crippen LogP) is 2.55. The van der Waals surface area contributed by atoms with Gasteiger partial charge in [0.15, 0.2) is 0 Å². The molecule has 1 N–H and O–H groups in total. The summed E-state index contributed by atoms with van der Waals surface area (Å²) in [7, 11) is 1.63. The van der Waals surface area contributed by atoms with Crippen molar-refractivity contribution in [3.63, 3.8) is 0 Å². The largest absolute Gasteiger partial charge is 0.497 e. The van der Waals surface area contributed by atoms with Crippen LogP contribution < -0.4 is 10.1 Å². The van der Waals surface area contributed by atoms with E-state index in [1.165, 1.54) is 0 Å². The van der Waals surface area contributed by atoms with Crippen LogP contribution in [0.15, 0.2) is 24.3 Å². The van der Waals surface area contributed by atoms with E-state index in [1.807, 2.05) is 29.2 Å². The van der Waals surface area contributed by atoms with Crippen molar-refractivity contribution in [1.82, 2.24) is 10.2 Å². The molecule has 1 heterocycles. The van der Waals surface area contributed by atoms with Gasteiger partial charge in [-0.2, -0.15) is 0 Å². The van der Waals surface area contributed by atoms with Gasteiger partial charge in [0.05, 0.1) is 7.11 Å². The Morgan fingerprint density at radius 1 is 1.48 bits per heavy atom. The first-order valence-corrected chi connectivity index (χ1v) is 7.77. The number of hydrogen-bond acceptors (Lipinski definition) is 3. The number of amides is 1. The third-order valence-electron chi connectivity index (χ3n) is 3.89. The lowest BCUT2D eigenvalue weighted by Crippen LogP contribution is -2.44. The zero-order valence-electron chi connectivity index (χ0n) is 13.3. The average Bonchev–Trinajstić information content (AvgIpc) is 2.71. The van der Waals surface area contributed by atoms with Gasteiger partial charge in [-0.15, -0.1) is 0 Å². The van der Waals surface area contributed by atoms with E-state index in [0.29, 0.717) is 11.5 Å². The number of carbonyl (C=O) groups is 1. The van der Waals surface area contributed by atoms with Crippen molar-refractivity contribution in [3.8, 4) is 5.75 Å². The number of methoxy groups -OCH3 is 1. The van der Waals surface area contributed by atoms with Crippen LogP contribution in [0.1, 0.15) is 37.0 Å². The van der Waals surface area contributed by atoms with Crippen LogP contribution in [0, 0.1) is 5.92 Å². The van der Waals surface area contributed by atoms with Crippen LogP contribution in [-0.2, 0) is 0 Å². The van der Waals surface area contributed by atoms with Crippen molar-refractivity contribution in [3.05, 3.63) is 29.8 Å². The highest BCUT2D eigenvalue weighted by atomic mass is 16.5. The highest BCUT2D eigenvalue weighted by molar-refractivity contribution is 5.94. The summed E-state index contributed by atoms with van der Waals surface area (Å²) in [6.45, 7) is 7.10. The zero-order valence-corrected chi connectivity index (χ0v) is 13.3. The fourth-order valence-corrected chi connectivity index (χ4v) is 2.88. The molecule has 2 rings (SSSR count). The molecule has 0 aliphatic carbocycles. The third-order valence-corrected chi connectivity index (χ3v) is 3.89. The van der Waals surface area contributed by atoms with E-state index in [9.17, 15) is 4.79 Å². The second kappa shape index (κ2) is 7.46. The van der Waals surface area contributed by atoms with Gasteiger partial charge in [0.2, 0.25) is 0 Å². The Morgan fingerprint density at radius 3 is 3.00 bits per heavy atom. The van der Waals surface area contributed by atoms with Crippen LogP contribution in [-0.4, -0.2) is 43.6 Å². The van der Waals surface area contributed by atoms with Gasteiger partial charge in [0, 0.05) is 24.7 Å². The summed E-state index contributed by atoms with van der Waals surface area (Å²) in [4.78, 5) is 14.9. The lowest BCUT2D eigenvalue weighted by Gasteiger charge is -2.31. The maximum Gasteiger partial charge on any atom is 0.254 e. The summed E-state index contributed by atoms with van der Waals surface area (Å²) in [5.74, 6) is 1.42. The molecule has 1 unspecified atom stereocenters. The monoisotopic (exact) mass is 290 g/mol. The van der Waals surface area contributed by atoms with E-state index in [4.69, 9.17) is 4.74 Å². The predicted molar refractivity (Wildman–Crippen MR) is 84.8 cm³/mol. The zero-order chi connectivity index (χ0) is 15.2. The minimum absolute atomic E-state index is 0.114. The number of hydrogen-bond donors (Lipinski definition) is 1. The first kappa shape index (κ1) is 15.8. The molecule has 1 fully saturated rings. The van der Waals surface area contributed by atoms with Gasteiger partial charge in [-0.3, -0.25) is 4.79 Å². The van der Waals surface area contributed by atoms with E-state index in [0.717, 1.165) is 38.2 Å². The molecule has 4 heteroatoms. The molecule has 1 aromatic rings. The quantitative estimate of drug-likeness (QED) is 0.926. The second-order valence-corrected chi connectivity index (χ2v) is 6.07. The fourth-order valence-electron chi connectivity index (χ4n) is 2.88. The molecule has 0 aromatic heterocycles. The van der Waals surface area contributed by atoms with Gasteiger partial charge in [0.1, 0.15) is 5.75 Å². The minimum Gasteiger partial charge on any atom is -0.497 e. The van der Waals surface area contributed by atoms with Gasteiger partial charge < -0.3 is 15.0 Å². The summed E-state index contributed by atoms with van der Waals surface area (Å²) >= 11 is 0. The molecule has 0 radical (unpaired) electrons. The Hall–Kier alpha value is -1.55. The van der Waals surface area contributed by atoms with E-state index in [1.54, 1.807) is 7.11 Å². The molecule has 0 saturated carbocycles. The normalized spacial score (nSPS) is 19.4. The van der Waals surface area contributed by atoms with Crippen LogP contribution in [0.25, 0.3) is 0 Å². The van der Waals surface area contributed by atoms with Gasteiger partial charge in [-0.1, -0.05) is 19.9 Å². The van der Waals surface area contributed by atoms with Crippen LogP contribution in [0.2, 0.25) is 0 Å². The molecule has 1 atom stereocenters. The van der Waals surface area contributed by atoms with Crippen LogP contribution in [0.3, 0.4) is 0 Å². The van der Waals surface area contributed by atoms with Crippen molar-refractivity contribution in [1.29, 1.82) is 0 Å². The summed E-state index contributed by atoms with van der Waals surface area (Å²) in [6.07, 6.45) is 2.03. The van der Waals surface area contributed by atoms with Gasteiger partial charge in [-0.05, 0) is 43.5 Å². The van der Waals surface area contributed by atoms with Crippen molar-refractivity contribution >= 4 is 5.91 Å². The highest BCUT2D eigenvalue weighted by Gasteiger charge is 2.26. The van der Waals surface area contributed by atoms with Crippen molar-refractivity contribution in [2.24, 2.45) is 5.92 Å². The maximum atomic E-state index is 12.9. The lowest BCUT2D eigenvalue weighted by molar-refractivity contribution is 0.0672. The Balaban J connectivity index is 2.19. The van der Waals surface area contributed by atoms with Gasteiger partial charge in [0.25, 0.3) is 5.91 Å².